The number of amides is 1. The average Bonchev–Trinajstić information content (AvgIpc) is 2.65. The van der Waals surface area contributed by atoms with Crippen LogP contribution in [-0.2, 0) is 16.1 Å². The van der Waals surface area contributed by atoms with Gasteiger partial charge >= 0.3 is 5.97 Å². The van der Waals surface area contributed by atoms with E-state index in [1.54, 1.807) is 24.3 Å². The zero-order valence-electron chi connectivity index (χ0n) is 14.2. The van der Waals surface area contributed by atoms with Gasteiger partial charge in [-0.05, 0) is 36.8 Å². The fourth-order valence-electron chi connectivity index (χ4n) is 2.42. The molecule has 0 aliphatic carbocycles. The van der Waals surface area contributed by atoms with Gasteiger partial charge in [-0.15, -0.1) is 0 Å². The molecule has 2 aromatic carbocycles. The van der Waals surface area contributed by atoms with Gasteiger partial charge in [0.1, 0.15) is 26.4 Å². The summed E-state index contributed by atoms with van der Waals surface area (Å²) >= 11 is 6.14. The monoisotopic (exact) mass is 375 g/mol. The van der Waals surface area contributed by atoms with Crippen molar-refractivity contribution < 1.29 is 23.8 Å². The number of ether oxygens (including phenoxy) is 3. The Kier molecular flexibility index (Phi) is 5.63. The van der Waals surface area contributed by atoms with Crippen molar-refractivity contribution in [2.45, 2.75) is 13.5 Å². The van der Waals surface area contributed by atoms with Crippen molar-refractivity contribution in [2.75, 3.05) is 19.8 Å². The molecule has 0 atom stereocenters. The van der Waals surface area contributed by atoms with Crippen molar-refractivity contribution in [1.82, 2.24) is 5.32 Å². The number of esters is 1. The zero-order chi connectivity index (χ0) is 18.5. The number of halogens is 1. The van der Waals surface area contributed by atoms with Crippen LogP contribution < -0.4 is 14.8 Å². The number of aryl methyl sites for hydroxylation is 1. The van der Waals surface area contributed by atoms with E-state index in [2.05, 4.69) is 5.32 Å². The Hall–Kier alpha value is -2.73. The van der Waals surface area contributed by atoms with Gasteiger partial charge in [0.15, 0.2) is 11.5 Å². The third-order valence-corrected chi connectivity index (χ3v) is 4.04. The number of nitrogens with one attached hydrogen (secondary N) is 1. The molecule has 0 bridgehead atoms. The fraction of sp³-hybridized carbons (Fsp3) is 0.263. The van der Waals surface area contributed by atoms with Crippen molar-refractivity contribution in [3.63, 3.8) is 0 Å². The highest BCUT2D eigenvalue weighted by atomic mass is 35.5. The van der Waals surface area contributed by atoms with Crippen LogP contribution in [0.1, 0.15) is 21.5 Å². The minimum absolute atomic E-state index is 0.0234. The molecule has 0 saturated heterocycles. The van der Waals surface area contributed by atoms with Gasteiger partial charge in [0.05, 0.1) is 5.02 Å². The van der Waals surface area contributed by atoms with E-state index in [-0.39, 0.29) is 19.1 Å². The van der Waals surface area contributed by atoms with Crippen LogP contribution >= 0.6 is 11.6 Å². The lowest BCUT2D eigenvalue weighted by Crippen LogP contribution is -2.30. The minimum atomic E-state index is -0.545. The summed E-state index contributed by atoms with van der Waals surface area (Å²) in [6.07, 6.45) is 0. The first-order valence-corrected chi connectivity index (χ1v) is 8.49. The highest BCUT2D eigenvalue weighted by Gasteiger charge is 2.17. The Balaban J connectivity index is 1.50. The van der Waals surface area contributed by atoms with E-state index in [9.17, 15) is 9.59 Å². The van der Waals surface area contributed by atoms with E-state index in [0.717, 1.165) is 5.56 Å². The Bertz CT molecular complexity index is 819. The van der Waals surface area contributed by atoms with E-state index in [1.807, 2.05) is 19.1 Å². The lowest BCUT2D eigenvalue weighted by Gasteiger charge is -2.20. The molecule has 0 saturated carbocycles. The predicted octanol–water partition coefficient (Wildman–Crippen LogP) is 2.89. The molecule has 6 nitrogen and oxygen atoms in total. The maximum absolute atomic E-state index is 12.0. The van der Waals surface area contributed by atoms with Crippen LogP contribution in [0.15, 0.2) is 36.4 Å². The zero-order valence-corrected chi connectivity index (χ0v) is 15.0. The highest BCUT2D eigenvalue weighted by Crippen LogP contribution is 2.38. The number of hydrogen-bond donors (Lipinski definition) is 1. The number of carbonyl (C=O) groups is 2. The molecular weight excluding hydrogens is 358 g/mol. The summed E-state index contributed by atoms with van der Waals surface area (Å²) in [5.41, 5.74) is 2.22. The summed E-state index contributed by atoms with van der Waals surface area (Å²) in [4.78, 5) is 23.8. The van der Waals surface area contributed by atoms with Crippen LogP contribution in [0.4, 0.5) is 0 Å². The van der Waals surface area contributed by atoms with Crippen LogP contribution in [0.5, 0.6) is 11.5 Å². The first kappa shape index (κ1) is 18.1. The van der Waals surface area contributed by atoms with E-state index in [1.165, 1.54) is 0 Å². The second-order valence-electron chi connectivity index (χ2n) is 5.81. The normalized spacial score (nSPS) is 12.4. The quantitative estimate of drug-likeness (QED) is 0.813. The minimum Gasteiger partial charge on any atom is -0.486 e. The molecule has 1 amide bonds. The lowest BCUT2D eigenvalue weighted by atomic mass is 10.1. The first-order chi connectivity index (χ1) is 12.5. The molecule has 1 heterocycles. The molecule has 1 aliphatic rings. The summed E-state index contributed by atoms with van der Waals surface area (Å²) in [5.74, 6) is 0.154. The summed E-state index contributed by atoms with van der Waals surface area (Å²) in [7, 11) is 0. The van der Waals surface area contributed by atoms with E-state index in [4.69, 9.17) is 25.8 Å². The summed E-state index contributed by atoms with van der Waals surface area (Å²) in [5, 5.41) is 2.94. The molecule has 0 spiro atoms. The van der Waals surface area contributed by atoms with Gasteiger partial charge in [-0.2, -0.15) is 0 Å². The highest BCUT2D eigenvalue weighted by molar-refractivity contribution is 6.32. The van der Waals surface area contributed by atoms with Crippen LogP contribution in [0.2, 0.25) is 5.02 Å². The predicted molar refractivity (Wildman–Crippen MR) is 95.8 cm³/mol. The van der Waals surface area contributed by atoms with Crippen LogP contribution in [0.3, 0.4) is 0 Å². The Morgan fingerprint density at radius 2 is 1.88 bits per heavy atom. The van der Waals surface area contributed by atoms with Gasteiger partial charge < -0.3 is 19.5 Å². The van der Waals surface area contributed by atoms with Crippen LogP contribution in [-0.4, -0.2) is 31.6 Å². The van der Waals surface area contributed by atoms with Gasteiger partial charge in [0, 0.05) is 5.56 Å². The first-order valence-electron chi connectivity index (χ1n) is 8.11. The lowest BCUT2D eigenvalue weighted by molar-refractivity contribution is -0.143. The molecular formula is C19H18ClNO5. The van der Waals surface area contributed by atoms with Crippen molar-refractivity contribution in [3.05, 3.63) is 58.1 Å². The number of rotatable bonds is 5. The topological polar surface area (TPSA) is 73.9 Å². The number of hydrogen-bond acceptors (Lipinski definition) is 5. The maximum Gasteiger partial charge on any atom is 0.325 e. The summed E-state index contributed by atoms with van der Waals surface area (Å²) in [6.45, 7) is 2.63. The van der Waals surface area contributed by atoms with Crippen molar-refractivity contribution in [2.24, 2.45) is 0 Å². The number of carbonyl (C=O) groups excluding carboxylic acids is 2. The second-order valence-corrected chi connectivity index (χ2v) is 6.22. The Morgan fingerprint density at radius 1 is 1.15 bits per heavy atom. The van der Waals surface area contributed by atoms with Crippen LogP contribution in [0, 0.1) is 6.92 Å². The number of benzene rings is 2. The molecule has 0 unspecified atom stereocenters. The second kappa shape index (κ2) is 8.10. The van der Waals surface area contributed by atoms with Gasteiger partial charge in [-0.1, -0.05) is 29.3 Å². The Labute approximate surface area is 156 Å². The third kappa shape index (κ3) is 4.46. The molecule has 0 fully saturated rings. The maximum atomic E-state index is 12.0. The summed E-state index contributed by atoms with van der Waals surface area (Å²) < 4.78 is 16.1. The fourth-order valence-corrected chi connectivity index (χ4v) is 2.71. The van der Waals surface area contributed by atoms with Gasteiger partial charge in [-0.25, -0.2) is 0 Å². The molecule has 1 N–H and O–H groups in total. The van der Waals surface area contributed by atoms with Crippen LogP contribution in [0.25, 0.3) is 0 Å². The largest absolute Gasteiger partial charge is 0.486 e. The molecule has 0 aromatic heterocycles. The molecule has 136 valence electrons. The van der Waals surface area contributed by atoms with Crippen molar-refractivity contribution in [1.29, 1.82) is 0 Å². The standard InChI is InChI=1S/C19H18ClNO5/c1-12-2-4-14(5-3-12)19(23)21-10-17(22)26-11-13-8-15(20)18-16(9-13)24-6-7-25-18/h2-5,8-9H,6-7,10-11H2,1H3,(H,21,23). The van der Waals surface area contributed by atoms with Gasteiger partial charge in [-0.3, -0.25) is 9.59 Å². The van der Waals surface area contributed by atoms with E-state index >= 15 is 0 Å². The molecule has 0 radical (unpaired) electrons. The van der Waals surface area contributed by atoms with Crippen molar-refractivity contribution in [3.8, 4) is 11.5 Å². The summed E-state index contributed by atoms with van der Waals surface area (Å²) in [6, 6.07) is 10.4. The molecule has 7 heteroatoms. The molecule has 1 aliphatic heterocycles. The average molecular weight is 376 g/mol. The van der Waals surface area contributed by atoms with Gasteiger partial charge in [0.25, 0.3) is 5.91 Å². The molecule has 3 rings (SSSR count). The molecule has 26 heavy (non-hydrogen) atoms. The SMILES string of the molecule is Cc1ccc(C(=O)NCC(=O)OCc2cc(Cl)c3c(c2)OCCO3)cc1. The van der Waals surface area contributed by atoms with E-state index < -0.39 is 5.97 Å². The van der Waals surface area contributed by atoms with E-state index in [0.29, 0.717) is 40.9 Å². The smallest absolute Gasteiger partial charge is 0.325 e. The Morgan fingerprint density at radius 3 is 2.65 bits per heavy atom. The third-order valence-electron chi connectivity index (χ3n) is 3.76. The van der Waals surface area contributed by atoms with Crippen molar-refractivity contribution >= 4 is 23.5 Å². The number of fused-ring (bicyclic) bond motifs is 1. The molecule has 2 aromatic rings. The van der Waals surface area contributed by atoms with Gasteiger partial charge in [0.2, 0.25) is 0 Å².